The van der Waals surface area contributed by atoms with Crippen molar-refractivity contribution in [2.45, 2.75) is 32.2 Å². The monoisotopic (exact) mass is 205 g/mol. The molecule has 2 rings (SSSR count). The SMILES string of the molecule is CCOc1ccc(C(N)C2CCC2)cc1. The Morgan fingerprint density at radius 3 is 2.47 bits per heavy atom. The summed E-state index contributed by atoms with van der Waals surface area (Å²) in [6.07, 6.45) is 3.91. The number of hydrogen-bond acceptors (Lipinski definition) is 2. The molecule has 0 saturated heterocycles. The molecule has 1 aliphatic carbocycles. The predicted octanol–water partition coefficient (Wildman–Crippen LogP) is 2.89. The van der Waals surface area contributed by atoms with Gasteiger partial charge in [-0.2, -0.15) is 0 Å². The van der Waals surface area contributed by atoms with Crippen molar-refractivity contribution in [2.24, 2.45) is 11.7 Å². The maximum atomic E-state index is 6.18. The van der Waals surface area contributed by atoms with Gasteiger partial charge < -0.3 is 10.5 Å². The molecule has 1 aromatic rings. The zero-order valence-corrected chi connectivity index (χ0v) is 9.28. The molecule has 0 amide bonds. The lowest BCUT2D eigenvalue weighted by atomic mass is 9.78. The summed E-state index contributed by atoms with van der Waals surface area (Å²) in [5, 5.41) is 0. The molecule has 15 heavy (non-hydrogen) atoms. The number of hydrogen-bond donors (Lipinski definition) is 1. The maximum absolute atomic E-state index is 6.18. The van der Waals surface area contributed by atoms with Crippen LogP contribution >= 0.6 is 0 Å². The maximum Gasteiger partial charge on any atom is 0.119 e. The number of benzene rings is 1. The summed E-state index contributed by atoms with van der Waals surface area (Å²) >= 11 is 0. The molecule has 1 atom stereocenters. The van der Waals surface area contributed by atoms with Crippen LogP contribution in [-0.2, 0) is 0 Å². The van der Waals surface area contributed by atoms with E-state index in [0.29, 0.717) is 12.5 Å². The molecule has 82 valence electrons. The number of nitrogens with two attached hydrogens (primary N) is 1. The second-order valence-electron chi connectivity index (χ2n) is 4.22. The van der Waals surface area contributed by atoms with Gasteiger partial charge in [0.1, 0.15) is 5.75 Å². The van der Waals surface area contributed by atoms with Crippen LogP contribution in [0, 0.1) is 5.92 Å². The summed E-state index contributed by atoms with van der Waals surface area (Å²) in [4.78, 5) is 0. The van der Waals surface area contributed by atoms with E-state index in [0.717, 1.165) is 5.75 Å². The zero-order valence-electron chi connectivity index (χ0n) is 9.28. The van der Waals surface area contributed by atoms with Crippen LogP contribution in [0.4, 0.5) is 0 Å². The second kappa shape index (κ2) is 4.67. The van der Waals surface area contributed by atoms with Crippen molar-refractivity contribution in [3.8, 4) is 5.75 Å². The first-order chi connectivity index (χ1) is 7.31. The van der Waals surface area contributed by atoms with Crippen LogP contribution in [0.3, 0.4) is 0 Å². The summed E-state index contributed by atoms with van der Waals surface area (Å²) < 4.78 is 5.40. The van der Waals surface area contributed by atoms with Gasteiger partial charge in [0.15, 0.2) is 0 Å². The average molecular weight is 205 g/mol. The van der Waals surface area contributed by atoms with Crippen molar-refractivity contribution in [2.75, 3.05) is 6.61 Å². The van der Waals surface area contributed by atoms with Gasteiger partial charge in [0, 0.05) is 6.04 Å². The number of ether oxygens (including phenoxy) is 1. The van der Waals surface area contributed by atoms with Gasteiger partial charge in [-0.05, 0) is 43.4 Å². The highest BCUT2D eigenvalue weighted by Crippen LogP contribution is 2.36. The van der Waals surface area contributed by atoms with E-state index < -0.39 is 0 Å². The Kier molecular flexibility index (Phi) is 3.27. The summed E-state index contributed by atoms with van der Waals surface area (Å²) in [6, 6.07) is 8.42. The highest BCUT2D eigenvalue weighted by atomic mass is 16.5. The Morgan fingerprint density at radius 2 is 2.00 bits per heavy atom. The molecular weight excluding hydrogens is 186 g/mol. The molecule has 1 unspecified atom stereocenters. The fraction of sp³-hybridized carbons (Fsp3) is 0.538. The molecule has 1 aliphatic rings. The highest BCUT2D eigenvalue weighted by Gasteiger charge is 2.25. The Morgan fingerprint density at radius 1 is 1.33 bits per heavy atom. The first kappa shape index (κ1) is 10.5. The minimum absolute atomic E-state index is 0.217. The van der Waals surface area contributed by atoms with E-state index in [9.17, 15) is 0 Å². The minimum Gasteiger partial charge on any atom is -0.494 e. The van der Waals surface area contributed by atoms with Crippen LogP contribution in [0.2, 0.25) is 0 Å². The van der Waals surface area contributed by atoms with Crippen LogP contribution in [0.15, 0.2) is 24.3 Å². The van der Waals surface area contributed by atoms with Gasteiger partial charge in [-0.1, -0.05) is 18.6 Å². The largest absolute Gasteiger partial charge is 0.494 e. The second-order valence-corrected chi connectivity index (χ2v) is 4.22. The number of rotatable bonds is 4. The zero-order chi connectivity index (χ0) is 10.7. The van der Waals surface area contributed by atoms with Crippen molar-refractivity contribution < 1.29 is 4.74 Å². The van der Waals surface area contributed by atoms with Crippen molar-refractivity contribution in [3.63, 3.8) is 0 Å². The van der Waals surface area contributed by atoms with Crippen LogP contribution in [-0.4, -0.2) is 6.61 Å². The van der Waals surface area contributed by atoms with E-state index in [4.69, 9.17) is 10.5 Å². The fourth-order valence-corrected chi connectivity index (χ4v) is 2.02. The average Bonchev–Trinajstić information content (AvgIpc) is 2.16. The van der Waals surface area contributed by atoms with Crippen LogP contribution in [0.25, 0.3) is 0 Å². The van der Waals surface area contributed by atoms with E-state index in [1.54, 1.807) is 0 Å². The minimum atomic E-state index is 0.217. The predicted molar refractivity (Wildman–Crippen MR) is 61.9 cm³/mol. The summed E-state index contributed by atoms with van der Waals surface area (Å²) in [5.41, 5.74) is 7.42. The van der Waals surface area contributed by atoms with Gasteiger partial charge in [-0.15, -0.1) is 0 Å². The summed E-state index contributed by atoms with van der Waals surface area (Å²) in [7, 11) is 0. The van der Waals surface area contributed by atoms with Crippen molar-refractivity contribution in [1.82, 2.24) is 0 Å². The third kappa shape index (κ3) is 2.32. The highest BCUT2D eigenvalue weighted by molar-refractivity contribution is 5.29. The fourth-order valence-electron chi connectivity index (χ4n) is 2.02. The summed E-state index contributed by atoms with van der Waals surface area (Å²) in [6.45, 7) is 2.71. The van der Waals surface area contributed by atoms with E-state index in [1.165, 1.54) is 24.8 Å². The van der Waals surface area contributed by atoms with Crippen molar-refractivity contribution in [1.29, 1.82) is 0 Å². The van der Waals surface area contributed by atoms with Gasteiger partial charge in [-0.3, -0.25) is 0 Å². The first-order valence-electron chi connectivity index (χ1n) is 5.79. The van der Waals surface area contributed by atoms with Crippen LogP contribution in [0.1, 0.15) is 37.8 Å². The quantitative estimate of drug-likeness (QED) is 0.820. The molecule has 1 aromatic carbocycles. The third-order valence-corrected chi connectivity index (χ3v) is 3.23. The van der Waals surface area contributed by atoms with Gasteiger partial charge in [0.25, 0.3) is 0 Å². The smallest absolute Gasteiger partial charge is 0.119 e. The van der Waals surface area contributed by atoms with Crippen molar-refractivity contribution >= 4 is 0 Å². The molecule has 1 fully saturated rings. The van der Waals surface area contributed by atoms with Gasteiger partial charge in [0.2, 0.25) is 0 Å². The first-order valence-corrected chi connectivity index (χ1v) is 5.79. The van der Waals surface area contributed by atoms with Gasteiger partial charge in [0.05, 0.1) is 6.61 Å². The van der Waals surface area contributed by atoms with E-state index in [2.05, 4.69) is 12.1 Å². The molecule has 0 aliphatic heterocycles. The van der Waals surface area contributed by atoms with E-state index in [-0.39, 0.29) is 6.04 Å². The molecule has 0 aromatic heterocycles. The Bertz CT molecular complexity index is 303. The molecule has 2 heteroatoms. The normalized spacial score (nSPS) is 18.3. The molecule has 1 saturated carbocycles. The summed E-state index contributed by atoms with van der Waals surface area (Å²) in [5.74, 6) is 1.63. The Labute approximate surface area is 91.4 Å². The molecule has 0 radical (unpaired) electrons. The van der Waals surface area contributed by atoms with Gasteiger partial charge in [-0.25, -0.2) is 0 Å². The van der Waals surface area contributed by atoms with Gasteiger partial charge >= 0.3 is 0 Å². The van der Waals surface area contributed by atoms with Crippen LogP contribution in [0.5, 0.6) is 5.75 Å². The lowest BCUT2D eigenvalue weighted by Gasteiger charge is -2.31. The Hall–Kier alpha value is -1.02. The third-order valence-electron chi connectivity index (χ3n) is 3.23. The Balaban J connectivity index is 2.02. The van der Waals surface area contributed by atoms with E-state index in [1.807, 2.05) is 19.1 Å². The molecule has 2 N–H and O–H groups in total. The van der Waals surface area contributed by atoms with Crippen LogP contribution < -0.4 is 10.5 Å². The molecule has 0 bridgehead atoms. The molecule has 0 heterocycles. The lowest BCUT2D eigenvalue weighted by Crippen LogP contribution is -2.26. The standard InChI is InChI=1S/C13H19NO/c1-2-15-12-8-6-11(7-9-12)13(14)10-4-3-5-10/h6-10,13H,2-5,14H2,1H3. The topological polar surface area (TPSA) is 35.2 Å². The van der Waals surface area contributed by atoms with Crippen molar-refractivity contribution in [3.05, 3.63) is 29.8 Å². The molecule has 2 nitrogen and oxygen atoms in total. The lowest BCUT2D eigenvalue weighted by molar-refractivity contribution is 0.264. The molecule has 0 spiro atoms. The van der Waals surface area contributed by atoms with E-state index >= 15 is 0 Å². The molecular formula is C13H19NO.